The molecule has 2 aromatic carbocycles. The highest BCUT2D eigenvalue weighted by Crippen LogP contribution is 2.61. The van der Waals surface area contributed by atoms with Gasteiger partial charge in [0.05, 0.1) is 14.7 Å². The Balaban J connectivity index is 1.18. The van der Waals surface area contributed by atoms with Crippen LogP contribution in [0.2, 0.25) is 0 Å². The summed E-state index contributed by atoms with van der Waals surface area (Å²) in [6.45, 7) is 3.38. The molecule has 1 N–H and O–H groups in total. The Morgan fingerprint density at radius 1 is 0.900 bits per heavy atom. The van der Waals surface area contributed by atoms with Crippen LogP contribution in [0.3, 0.4) is 0 Å². The quantitative estimate of drug-likeness (QED) is 0.345. The van der Waals surface area contributed by atoms with Gasteiger partial charge in [-0.2, -0.15) is 4.31 Å². The second kappa shape index (κ2) is 9.99. The summed E-state index contributed by atoms with van der Waals surface area (Å²) in [5, 5.41) is 26.6. The summed E-state index contributed by atoms with van der Waals surface area (Å²) in [5.74, 6) is 2.35. The Bertz CT molecular complexity index is 1400. The van der Waals surface area contributed by atoms with Gasteiger partial charge in [0, 0.05) is 56.1 Å². The Kier molecular flexibility index (Phi) is 6.73. The molecular weight excluding hydrogens is 534 g/mol. The number of piperazine rings is 1. The number of nitrogens with zero attached hydrogens (tertiary/aromatic N) is 4. The highest BCUT2D eigenvalue weighted by Gasteiger charge is 2.53. The molecule has 0 spiro atoms. The molecule has 2 aromatic rings. The van der Waals surface area contributed by atoms with E-state index in [9.17, 15) is 28.6 Å². The predicted octanol–water partition coefficient (Wildman–Crippen LogP) is 5.03. The lowest BCUT2D eigenvalue weighted by molar-refractivity contribution is -0.385. The van der Waals surface area contributed by atoms with Crippen LogP contribution >= 0.6 is 0 Å². The number of nitrogens with one attached hydrogen (secondary N) is 1. The second-order valence-corrected chi connectivity index (χ2v) is 14.2. The summed E-state index contributed by atoms with van der Waals surface area (Å²) in [6.07, 6.45) is 7.60. The summed E-state index contributed by atoms with van der Waals surface area (Å²) in [6, 6.07) is 10.3. The summed E-state index contributed by atoms with van der Waals surface area (Å²) in [5.41, 5.74) is 1.28. The van der Waals surface area contributed by atoms with Gasteiger partial charge in [-0.15, -0.1) is 0 Å². The molecule has 1 heterocycles. The fourth-order valence-corrected chi connectivity index (χ4v) is 9.65. The Morgan fingerprint density at radius 2 is 1.52 bits per heavy atom. The first-order valence-electron chi connectivity index (χ1n) is 14.1. The number of nitro benzene ring substituents is 2. The SMILES string of the molecule is CC(Nc1cc(N2CCN(S(=O)(=O)c3cccc([N+](=O)[O-])c3)CC2)ccc1[N+](=O)[O-])C12CC3CC(CC(C3)C1)C2. The van der Waals surface area contributed by atoms with E-state index in [-0.39, 0.29) is 45.7 Å². The van der Waals surface area contributed by atoms with Gasteiger partial charge in [0.25, 0.3) is 11.4 Å². The molecule has 0 aromatic heterocycles. The molecule has 0 radical (unpaired) electrons. The van der Waals surface area contributed by atoms with Crippen LogP contribution in [0.25, 0.3) is 0 Å². The molecule has 1 atom stereocenters. The van der Waals surface area contributed by atoms with Crippen molar-refractivity contribution in [2.75, 3.05) is 36.4 Å². The van der Waals surface area contributed by atoms with Gasteiger partial charge in [0.1, 0.15) is 5.69 Å². The number of sulfonamides is 1. The maximum absolute atomic E-state index is 13.2. The Labute approximate surface area is 233 Å². The average Bonchev–Trinajstić information content (AvgIpc) is 2.92. The van der Waals surface area contributed by atoms with Crippen molar-refractivity contribution in [3.63, 3.8) is 0 Å². The third-order valence-corrected chi connectivity index (χ3v) is 11.7. The number of rotatable bonds is 8. The standard InChI is InChI=1S/C28H35N5O6S/c1-19(28-16-20-11-21(17-28)13-22(12-20)18-28)29-26-15-23(5-6-27(26)33(36)37)30-7-9-31(10-8-30)40(38,39)25-4-2-3-24(14-25)32(34)35/h2-6,14-15,19-22,29H,7-13,16-18H2,1H3. The van der Waals surface area contributed by atoms with E-state index in [1.165, 1.54) is 67.1 Å². The molecule has 7 rings (SSSR count). The minimum Gasteiger partial charge on any atom is -0.376 e. The molecule has 11 nitrogen and oxygen atoms in total. The van der Waals surface area contributed by atoms with Gasteiger partial charge in [-0.25, -0.2) is 8.42 Å². The van der Waals surface area contributed by atoms with E-state index in [1.807, 2.05) is 11.0 Å². The second-order valence-electron chi connectivity index (χ2n) is 12.3. The fourth-order valence-electron chi connectivity index (χ4n) is 8.18. The van der Waals surface area contributed by atoms with Crippen molar-refractivity contribution in [2.45, 2.75) is 56.4 Å². The van der Waals surface area contributed by atoms with E-state index in [1.54, 1.807) is 6.07 Å². The van der Waals surface area contributed by atoms with Crippen LogP contribution in [-0.2, 0) is 10.0 Å². The molecule has 214 valence electrons. The van der Waals surface area contributed by atoms with E-state index in [0.29, 0.717) is 18.8 Å². The number of non-ortho nitro benzene ring substituents is 1. The van der Waals surface area contributed by atoms with E-state index in [2.05, 4.69) is 12.2 Å². The summed E-state index contributed by atoms with van der Waals surface area (Å²) < 4.78 is 27.7. The third kappa shape index (κ3) is 4.81. The molecule has 1 aliphatic heterocycles. The predicted molar refractivity (Wildman–Crippen MR) is 151 cm³/mol. The number of hydrogen-bond donors (Lipinski definition) is 1. The van der Waals surface area contributed by atoms with E-state index in [4.69, 9.17) is 0 Å². The zero-order valence-corrected chi connectivity index (χ0v) is 23.4. The molecule has 5 fully saturated rings. The van der Waals surface area contributed by atoms with Crippen molar-refractivity contribution in [3.05, 3.63) is 62.7 Å². The van der Waals surface area contributed by atoms with Crippen molar-refractivity contribution in [2.24, 2.45) is 23.2 Å². The summed E-state index contributed by atoms with van der Waals surface area (Å²) >= 11 is 0. The molecule has 4 saturated carbocycles. The largest absolute Gasteiger partial charge is 0.376 e. The first-order chi connectivity index (χ1) is 19.0. The van der Waals surface area contributed by atoms with Crippen molar-refractivity contribution in [3.8, 4) is 0 Å². The Morgan fingerprint density at radius 3 is 2.10 bits per heavy atom. The molecule has 40 heavy (non-hydrogen) atoms. The molecule has 4 aliphatic carbocycles. The van der Waals surface area contributed by atoms with Crippen molar-refractivity contribution in [1.29, 1.82) is 0 Å². The lowest BCUT2D eigenvalue weighted by Crippen LogP contribution is -2.53. The molecule has 4 bridgehead atoms. The van der Waals surface area contributed by atoms with Crippen molar-refractivity contribution in [1.82, 2.24) is 4.31 Å². The lowest BCUT2D eigenvalue weighted by Gasteiger charge is -2.59. The first-order valence-corrected chi connectivity index (χ1v) is 15.5. The fraction of sp³-hybridized carbons (Fsp3) is 0.571. The van der Waals surface area contributed by atoms with Crippen LogP contribution in [0, 0.1) is 43.4 Å². The lowest BCUT2D eigenvalue weighted by atomic mass is 9.48. The normalized spacial score (nSPS) is 28.8. The topological polar surface area (TPSA) is 139 Å². The molecular formula is C28H35N5O6S. The highest BCUT2D eigenvalue weighted by molar-refractivity contribution is 7.89. The van der Waals surface area contributed by atoms with Crippen LogP contribution < -0.4 is 10.2 Å². The number of nitro groups is 2. The van der Waals surface area contributed by atoms with Crippen molar-refractivity contribution >= 4 is 32.8 Å². The first kappa shape index (κ1) is 26.9. The van der Waals surface area contributed by atoms with E-state index in [0.717, 1.165) is 29.5 Å². The molecule has 5 aliphatic rings. The van der Waals surface area contributed by atoms with Gasteiger partial charge in [0.15, 0.2) is 0 Å². The van der Waals surface area contributed by atoms with Gasteiger partial charge in [-0.1, -0.05) is 6.07 Å². The van der Waals surface area contributed by atoms with Crippen LogP contribution in [0.15, 0.2) is 47.4 Å². The summed E-state index contributed by atoms with van der Waals surface area (Å²) in [4.78, 5) is 24.0. The maximum atomic E-state index is 13.2. The third-order valence-electron chi connectivity index (χ3n) is 9.82. The van der Waals surface area contributed by atoms with Crippen molar-refractivity contribution < 1.29 is 18.3 Å². The van der Waals surface area contributed by atoms with E-state index < -0.39 is 14.9 Å². The zero-order chi connectivity index (χ0) is 28.2. The monoisotopic (exact) mass is 569 g/mol. The highest BCUT2D eigenvalue weighted by atomic mass is 32.2. The minimum atomic E-state index is -3.89. The zero-order valence-electron chi connectivity index (χ0n) is 22.6. The number of benzene rings is 2. The molecule has 1 saturated heterocycles. The van der Waals surface area contributed by atoms with E-state index >= 15 is 0 Å². The van der Waals surface area contributed by atoms with Gasteiger partial charge in [-0.05, 0) is 86.8 Å². The maximum Gasteiger partial charge on any atom is 0.292 e. The van der Waals surface area contributed by atoms with Crippen LogP contribution in [-0.4, -0.2) is 54.8 Å². The van der Waals surface area contributed by atoms with Gasteiger partial charge in [-0.3, -0.25) is 20.2 Å². The van der Waals surface area contributed by atoms with Gasteiger partial charge in [0.2, 0.25) is 10.0 Å². The summed E-state index contributed by atoms with van der Waals surface area (Å²) in [7, 11) is -3.89. The number of hydrogen-bond acceptors (Lipinski definition) is 8. The van der Waals surface area contributed by atoms with Crippen LogP contribution in [0.5, 0.6) is 0 Å². The molecule has 0 amide bonds. The Hall–Kier alpha value is -3.25. The van der Waals surface area contributed by atoms with Crippen LogP contribution in [0.1, 0.15) is 45.4 Å². The average molecular weight is 570 g/mol. The number of anilines is 2. The molecule has 12 heteroatoms. The van der Waals surface area contributed by atoms with Crippen LogP contribution in [0.4, 0.5) is 22.7 Å². The molecule has 1 unspecified atom stereocenters. The smallest absolute Gasteiger partial charge is 0.292 e. The van der Waals surface area contributed by atoms with Gasteiger partial charge >= 0.3 is 0 Å². The van der Waals surface area contributed by atoms with Gasteiger partial charge < -0.3 is 10.2 Å². The minimum absolute atomic E-state index is 0.0483.